The average Bonchev–Trinajstić information content (AvgIpc) is 2.90. The number of aromatic hydroxyl groups is 2. The normalized spacial score (nSPS) is 22.9. The molecule has 14 nitrogen and oxygen atoms in total. The first-order valence-corrected chi connectivity index (χ1v) is 13.5. The molecule has 0 bridgehead atoms. The Morgan fingerprint density at radius 2 is 1.41 bits per heavy atom. The third-order valence-electron chi connectivity index (χ3n) is 7.20. The van der Waals surface area contributed by atoms with Crippen molar-refractivity contribution in [1.82, 2.24) is 15.0 Å². The number of phenolic OH excluding ortho intramolecular Hbond substituents is 2. The number of aromatic nitrogens is 3. The molecule has 14 heteroatoms. The molecule has 4 atom stereocenters. The van der Waals surface area contributed by atoms with Crippen LogP contribution in [0.5, 0.6) is 11.5 Å². The predicted molar refractivity (Wildman–Crippen MR) is 158 cm³/mol. The smallest absolute Gasteiger partial charge is 0.259 e. The van der Waals surface area contributed by atoms with Crippen LogP contribution in [0.4, 0.5) is 29.2 Å². The van der Waals surface area contributed by atoms with Gasteiger partial charge in [-0.25, -0.2) is 0 Å². The van der Waals surface area contributed by atoms with Crippen molar-refractivity contribution in [3.63, 3.8) is 0 Å². The molecule has 0 radical (unpaired) electrons. The summed E-state index contributed by atoms with van der Waals surface area (Å²) in [6, 6.07) is 9.15. The number of hydrogen-bond donors (Lipinski definition) is 8. The maximum absolute atomic E-state index is 12.7. The molecule has 2 fully saturated rings. The number of nitrogens with zero attached hydrogens (tertiary/aromatic N) is 5. The second-order valence-electron chi connectivity index (χ2n) is 10.9. The Bertz CT molecular complexity index is 1360. The summed E-state index contributed by atoms with van der Waals surface area (Å²) in [7, 11) is 0. The maximum Gasteiger partial charge on any atom is 0.259 e. The fourth-order valence-corrected chi connectivity index (χ4v) is 5.29. The number of carbonyl (C=O) groups excluding carboxylic acids is 1. The Kier molecular flexibility index (Phi) is 8.08. The number of para-hydroxylation sites is 1. The van der Waals surface area contributed by atoms with Crippen LogP contribution < -0.4 is 43.4 Å². The Balaban J connectivity index is 1.40. The van der Waals surface area contributed by atoms with E-state index >= 15 is 0 Å². The van der Waals surface area contributed by atoms with Gasteiger partial charge in [-0.3, -0.25) is 4.79 Å². The van der Waals surface area contributed by atoms with Crippen LogP contribution in [0, 0.1) is 6.92 Å². The van der Waals surface area contributed by atoms with E-state index in [0.29, 0.717) is 55.4 Å². The molecule has 3 heterocycles. The number of aryl methyl sites for hydroxylation is 1. The van der Waals surface area contributed by atoms with Crippen LogP contribution in [0.1, 0.15) is 28.8 Å². The molecule has 3 aromatic rings. The van der Waals surface area contributed by atoms with E-state index in [1.807, 2.05) is 22.8 Å². The van der Waals surface area contributed by atoms with E-state index in [0.717, 1.165) is 18.4 Å². The van der Waals surface area contributed by atoms with Gasteiger partial charge in [0.2, 0.25) is 17.8 Å². The van der Waals surface area contributed by atoms with E-state index < -0.39 is 11.7 Å². The Morgan fingerprint density at radius 1 is 0.854 bits per heavy atom. The van der Waals surface area contributed by atoms with Gasteiger partial charge in [-0.2, -0.15) is 15.0 Å². The second-order valence-corrected chi connectivity index (χ2v) is 10.9. The van der Waals surface area contributed by atoms with Crippen LogP contribution in [0.25, 0.3) is 0 Å². The highest BCUT2D eigenvalue weighted by Crippen LogP contribution is 2.30. The van der Waals surface area contributed by atoms with Crippen molar-refractivity contribution in [1.29, 1.82) is 0 Å². The van der Waals surface area contributed by atoms with Crippen LogP contribution in [-0.2, 0) is 0 Å². The number of hydrogen-bond acceptors (Lipinski definition) is 13. The minimum absolute atomic E-state index is 0.0360. The average molecular weight is 564 g/mol. The van der Waals surface area contributed by atoms with E-state index in [4.69, 9.17) is 27.9 Å². The van der Waals surface area contributed by atoms with Gasteiger partial charge in [0.25, 0.3) is 5.91 Å². The highest BCUT2D eigenvalue weighted by molar-refractivity contribution is 6.07. The third kappa shape index (κ3) is 6.57. The molecule has 2 saturated heterocycles. The second kappa shape index (κ2) is 11.7. The molecular weight excluding hydrogens is 526 g/mol. The lowest BCUT2D eigenvalue weighted by Crippen LogP contribution is -2.54. The number of amides is 1. The van der Waals surface area contributed by atoms with Gasteiger partial charge in [-0.05, 0) is 55.7 Å². The van der Waals surface area contributed by atoms with Gasteiger partial charge in [0, 0.05) is 61.7 Å². The van der Waals surface area contributed by atoms with Gasteiger partial charge < -0.3 is 53.6 Å². The number of nitrogens with one attached hydrogen (secondary N) is 2. The largest absolute Gasteiger partial charge is 0.504 e. The molecule has 218 valence electrons. The molecule has 5 rings (SSSR count). The quantitative estimate of drug-likeness (QED) is 0.189. The SMILES string of the molecule is Cc1cc(Nc2nc(N3C[C@H](N)C[C@H](N)C3)nc(N3C[C@H](N)C[C@H](N)C3)n2)ccc1NC(=O)c1cccc(O)c1O. The summed E-state index contributed by atoms with van der Waals surface area (Å²) in [6.07, 6.45) is 1.45. The molecule has 2 aliphatic heterocycles. The van der Waals surface area contributed by atoms with E-state index in [1.165, 1.54) is 18.2 Å². The fourth-order valence-electron chi connectivity index (χ4n) is 5.29. The van der Waals surface area contributed by atoms with Crippen molar-refractivity contribution in [2.45, 2.75) is 43.9 Å². The lowest BCUT2D eigenvalue weighted by Gasteiger charge is -2.37. The Morgan fingerprint density at radius 3 is 1.95 bits per heavy atom. The number of piperidine rings is 2. The predicted octanol–water partition coefficient (Wildman–Crippen LogP) is 0.317. The molecular formula is C27H37N11O3. The molecule has 12 N–H and O–H groups in total. The van der Waals surface area contributed by atoms with Crippen LogP contribution in [0.2, 0.25) is 0 Å². The monoisotopic (exact) mass is 563 g/mol. The third-order valence-corrected chi connectivity index (χ3v) is 7.20. The number of anilines is 5. The molecule has 0 spiro atoms. The molecule has 0 unspecified atom stereocenters. The van der Waals surface area contributed by atoms with Crippen molar-refractivity contribution < 1.29 is 15.0 Å². The van der Waals surface area contributed by atoms with Crippen molar-refractivity contribution in [3.8, 4) is 11.5 Å². The van der Waals surface area contributed by atoms with Crippen molar-refractivity contribution in [2.75, 3.05) is 46.6 Å². The van der Waals surface area contributed by atoms with Gasteiger partial charge in [-0.1, -0.05) is 6.07 Å². The van der Waals surface area contributed by atoms with E-state index in [1.54, 1.807) is 12.1 Å². The van der Waals surface area contributed by atoms with E-state index in [2.05, 4.69) is 20.6 Å². The summed E-state index contributed by atoms with van der Waals surface area (Å²) in [4.78, 5) is 30.8. The molecule has 0 aliphatic carbocycles. The van der Waals surface area contributed by atoms with Crippen LogP contribution in [-0.4, -0.2) is 81.4 Å². The number of benzene rings is 2. The van der Waals surface area contributed by atoms with Gasteiger partial charge >= 0.3 is 0 Å². The zero-order chi connectivity index (χ0) is 29.3. The summed E-state index contributed by atoms with van der Waals surface area (Å²) < 4.78 is 0. The van der Waals surface area contributed by atoms with Crippen LogP contribution >= 0.6 is 0 Å². The highest BCUT2D eigenvalue weighted by atomic mass is 16.3. The summed E-state index contributed by atoms with van der Waals surface area (Å²) in [6.45, 7) is 4.10. The van der Waals surface area contributed by atoms with Gasteiger partial charge in [-0.15, -0.1) is 0 Å². The first-order valence-electron chi connectivity index (χ1n) is 13.5. The molecule has 1 aromatic heterocycles. The zero-order valence-electron chi connectivity index (χ0n) is 22.9. The molecule has 41 heavy (non-hydrogen) atoms. The van der Waals surface area contributed by atoms with E-state index in [-0.39, 0.29) is 35.5 Å². The number of carbonyl (C=O) groups is 1. The maximum atomic E-state index is 12.7. The van der Waals surface area contributed by atoms with Crippen molar-refractivity contribution in [3.05, 3.63) is 47.5 Å². The summed E-state index contributed by atoms with van der Waals surface area (Å²) in [5.74, 6) is -0.151. The lowest BCUT2D eigenvalue weighted by atomic mass is 10.0. The number of nitrogens with two attached hydrogens (primary N) is 4. The standard InChI is InChI=1S/C27H37N11O3/c1-14-7-19(5-6-21(14)33-24(41)20-3-2-4-22(39)23(20)40)32-25-34-26(37-10-15(28)8-16(29)11-37)36-27(35-25)38-12-17(30)9-18(31)13-38/h2-7,15-18,39-40H,8-13,28-31H2,1H3,(H,33,41)(H,32,34,35,36)/t15-,16+,17-,18+. The van der Waals surface area contributed by atoms with Gasteiger partial charge in [0.1, 0.15) is 0 Å². The highest BCUT2D eigenvalue weighted by Gasteiger charge is 2.29. The fraction of sp³-hybridized carbons (Fsp3) is 0.407. The molecule has 2 aliphatic rings. The lowest BCUT2D eigenvalue weighted by molar-refractivity contribution is 0.102. The zero-order valence-corrected chi connectivity index (χ0v) is 22.9. The Labute approximate surface area is 237 Å². The van der Waals surface area contributed by atoms with Crippen LogP contribution in [0.15, 0.2) is 36.4 Å². The van der Waals surface area contributed by atoms with E-state index in [9.17, 15) is 15.0 Å². The topological polar surface area (TPSA) is 231 Å². The minimum Gasteiger partial charge on any atom is -0.504 e. The summed E-state index contributed by atoms with van der Waals surface area (Å²) in [5.41, 5.74) is 26.9. The first kappa shape index (κ1) is 28.3. The number of rotatable bonds is 6. The summed E-state index contributed by atoms with van der Waals surface area (Å²) in [5, 5.41) is 25.8. The molecule has 0 saturated carbocycles. The first-order chi connectivity index (χ1) is 19.5. The van der Waals surface area contributed by atoms with Gasteiger partial charge in [0.05, 0.1) is 5.56 Å². The molecule has 2 aromatic carbocycles. The van der Waals surface area contributed by atoms with Crippen molar-refractivity contribution in [2.24, 2.45) is 22.9 Å². The number of phenols is 2. The van der Waals surface area contributed by atoms with Crippen molar-refractivity contribution >= 4 is 35.1 Å². The Hall–Kier alpha value is -4.24. The molecule has 1 amide bonds. The summed E-state index contributed by atoms with van der Waals surface area (Å²) >= 11 is 0. The van der Waals surface area contributed by atoms with Crippen LogP contribution in [0.3, 0.4) is 0 Å². The van der Waals surface area contributed by atoms with Gasteiger partial charge in [0.15, 0.2) is 11.5 Å². The minimum atomic E-state index is -0.551.